The first-order valence-corrected chi connectivity index (χ1v) is 7.32. The number of hydrogen-bond acceptors (Lipinski definition) is 4. The Morgan fingerprint density at radius 2 is 1.92 bits per heavy atom. The number of ketones is 1. The van der Waals surface area contributed by atoms with E-state index in [1.165, 1.54) is 20.1 Å². The predicted molar refractivity (Wildman–Crippen MR) is 89.5 cm³/mol. The molecule has 6 heteroatoms. The molecule has 1 aromatic heterocycles. The lowest BCUT2D eigenvalue weighted by Crippen LogP contribution is -2.23. The van der Waals surface area contributed by atoms with Crippen LogP contribution in [0.15, 0.2) is 42.6 Å². The Kier molecular flexibility index (Phi) is 5.68. The van der Waals surface area contributed by atoms with Gasteiger partial charge in [0.2, 0.25) is 0 Å². The lowest BCUT2D eigenvalue weighted by Gasteiger charge is -2.05. The average molecular weight is 326 g/mol. The van der Waals surface area contributed by atoms with Crippen molar-refractivity contribution in [2.45, 2.75) is 13.5 Å². The summed E-state index contributed by atoms with van der Waals surface area (Å²) in [5.74, 6) is -0.713. The number of H-pyrrole nitrogens is 1. The van der Waals surface area contributed by atoms with Crippen molar-refractivity contribution in [3.05, 3.63) is 65.0 Å². The topological polar surface area (TPSA) is 88.3 Å². The van der Waals surface area contributed by atoms with Gasteiger partial charge in [-0.3, -0.25) is 9.59 Å². The molecule has 0 saturated heterocycles. The highest BCUT2D eigenvalue weighted by atomic mass is 16.5. The third-order valence-corrected chi connectivity index (χ3v) is 3.29. The van der Waals surface area contributed by atoms with Gasteiger partial charge in [-0.1, -0.05) is 12.1 Å². The van der Waals surface area contributed by atoms with Gasteiger partial charge in [-0.2, -0.15) is 0 Å². The van der Waals surface area contributed by atoms with Gasteiger partial charge in [-0.05, 0) is 48.4 Å². The maximum atomic E-state index is 12.1. The van der Waals surface area contributed by atoms with E-state index in [4.69, 9.17) is 0 Å². The van der Waals surface area contributed by atoms with Crippen molar-refractivity contribution < 1.29 is 19.1 Å². The first-order chi connectivity index (χ1) is 11.5. The molecule has 0 radical (unpaired) electrons. The lowest BCUT2D eigenvalue weighted by atomic mass is 10.1. The van der Waals surface area contributed by atoms with Crippen molar-refractivity contribution in [2.75, 3.05) is 7.11 Å². The van der Waals surface area contributed by atoms with E-state index < -0.39 is 5.97 Å². The number of benzene rings is 1. The van der Waals surface area contributed by atoms with Crippen LogP contribution in [0.1, 0.15) is 38.9 Å². The quantitative estimate of drug-likeness (QED) is 0.630. The fourth-order valence-electron chi connectivity index (χ4n) is 2.01. The molecule has 0 unspecified atom stereocenters. The van der Waals surface area contributed by atoms with Gasteiger partial charge >= 0.3 is 5.97 Å². The van der Waals surface area contributed by atoms with Crippen molar-refractivity contribution in [1.82, 2.24) is 10.3 Å². The Labute approximate surface area is 139 Å². The van der Waals surface area contributed by atoms with Gasteiger partial charge in [0.15, 0.2) is 5.78 Å². The minimum Gasteiger partial charge on any atom is -0.465 e. The van der Waals surface area contributed by atoms with E-state index >= 15 is 0 Å². The van der Waals surface area contributed by atoms with Crippen molar-refractivity contribution in [2.24, 2.45) is 0 Å². The van der Waals surface area contributed by atoms with Crippen LogP contribution < -0.4 is 5.32 Å². The fourth-order valence-corrected chi connectivity index (χ4v) is 2.01. The molecular weight excluding hydrogens is 308 g/mol. The number of allylic oxidation sites excluding steroid dienone is 1. The van der Waals surface area contributed by atoms with E-state index in [-0.39, 0.29) is 11.7 Å². The third kappa shape index (κ3) is 4.67. The zero-order chi connectivity index (χ0) is 17.5. The number of aromatic amines is 1. The van der Waals surface area contributed by atoms with E-state index in [1.54, 1.807) is 42.6 Å². The lowest BCUT2D eigenvalue weighted by molar-refractivity contribution is -0.112. The minimum atomic E-state index is -0.400. The molecule has 0 aliphatic carbocycles. The van der Waals surface area contributed by atoms with Gasteiger partial charge in [-0.15, -0.1) is 0 Å². The van der Waals surface area contributed by atoms with Crippen LogP contribution >= 0.6 is 0 Å². The fraction of sp³-hybridized carbons (Fsp3) is 0.167. The average Bonchev–Trinajstić information content (AvgIpc) is 3.06. The van der Waals surface area contributed by atoms with E-state index in [0.717, 1.165) is 11.1 Å². The maximum Gasteiger partial charge on any atom is 0.337 e. The summed E-state index contributed by atoms with van der Waals surface area (Å²) in [6.07, 6.45) is 4.73. The van der Waals surface area contributed by atoms with Crippen molar-refractivity contribution in [1.29, 1.82) is 0 Å². The molecule has 2 N–H and O–H groups in total. The number of nitrogens with one attached hydrogen (secondary N) is 2. The second-order valence-electron chi connectivity index (χ2n) is 5.16. The van der Waals surface area contributed by atoms with Gasteiger partial charge in [0.1, 0.15) is 5.69 Å². The predicted octanol–water partition coefficient (Wildman–Crippen LogP) is 2.33. The second kappa shape index (κ2) is 7.92. The molecule has 0 fully saturated rings. The summed E-state index contributed by atoms with van der Waals surface area (Å²) < 4.78 is 4.63. The number of aromatic nitrogens is 1. The first-order valence-electron chi connectivity index (χ1n) is 7.32. The SMILES string of the molecule is COC(=O)c1ccc(CNC(=O)c2cc(/C=C/C(C)=O)c[nH]2)cc1. The number of methoxy groups -OCH3 is 1. The Bertz CT molecular complexity index is 773. The minimum absolute atomic E-state index is 0.0578. The number of amides is 1. The Hall–Kier alpha value is -3.15. The van der Waals surface area contributed by atoms with Crippen LogP contribution in [0.2, 0.25) is 0 Å². The smallest absolute Gasteiger partial charge is 0.337 e. The van der Waals surface area contributed by atoms with Crippen LogP contribution in [0.25, 0.3) is 6.08 Å². The summed E-state index contributed by atoms with van der Waals surface area (Å²) in [6, 6.07) is 8.46. The molecule has 6 nitrogen and oxygen atoms in total. The van der Waals surface area contributed by atoms with Gasteiger partial charge in [0.05, 0.1) is 12.7 Å². The summed E-state index contributed by atoms with van der Waals surface area (Å²) in [7, 11) is 1.33. The van der Waals surface area contributed by atoms with Gasteiger partial charge in [-0.25, -0.2) is 4.79 Å². The van der Waals surface area contributed by atoms with Crippen LogP contribution in [0.3, 0.4) is 0 Å². The highest BCUT2D eigenvalue weighted by Crippen LogP contribution is 2.08. The van der Waals surface area contributed by atoms with Gasteiger partial charge < -0.3 is 15.0 Å². The molecule has 1 heterocycles. The van der Waals surface area contributed by atoms with Crippen LogP contribution in [-0.4, -0.2) is 29.8 Å². The van der Waals surface area contributed by atoms with E-state index in [9.17, 15) is 14.4 Å². The molecular formula is C18H18N2O4. The number of rotatable bonds is 6. The van der Waals surface area contributed by atoms with E-state index in [1.807, 2.05) is 0 Å². The molecule has 0 aliphatic rings. The first kappa shape index (κ1) is 17.2. The van der Waals surface area contributed by atoms with Crippen LogP contribution in [-0.2, 0) is 16.1 Å². The van der Waals surface area contributed by atoms with Crippen LogP contribution in [0.5, 0.6) is 0 Å². The van der Waals surface area contributed by atoms with Crippen LogP contribution in [0.4, 0.5) is 0 Å². The van der Waals surface area contributed by atoms with Crippen LogP contribution in [0, 0.1) is 0 Å². The molecule has 0 spiro atoms. The highest BCUT2D eigenvalue weighted by Gasteiger charge is 2.08. The van der Waals surface area contributed by atoms with Gasteiger partial charge in [0.25, 0.3) is 5.91 Å². The maximum absolute atomic E-state index is 12.1. The van der Waals surface area contributed by atoms with Crippen molar-refractivity contribution >= 4 is 23.7 Å². The molecule has 0 saturated carbocycles. The zero-order valence-corrected chi connectivity index (χ0v) is 13.5. The largest absolute Gasteiger partial charge is 0.465 e. The number of ether oxygens (including phenoxy) is 1. The summed E-state index contributed by atoms with van der Waals surface area (Å²) >= 11 is 0. The Morgan fingerprint density at radius 3 is 2.54 bits per heavy atom. The monoisotopic (exact) mass is 326 g/mol. The summed E-state index contributed by atoms with van der Waals surface area (Å²) in [4.78, 5) is 37.2. The molecule has 1 amide bonds. The van der Waals surface area contributed by atoms with E-state index in [2.05, 4.69) is 15.0 Å². The number of esters is 1. The number of carbonyl (C=O) groups is 3. The molecule has 0 aliphatic heterocycles. The molecule has 2 aromatic rings. The second-order valence-corrected chi connectivity index (χ2v) is 5.16. The number of carbonyl (C=O) groups excluding carboxylic acids is 3. The van der Waals surface area contributed by atoms with Gasteiger partial charge in [0, 0.05) is 12.7 Å². The molecule has 1 aromatic carbocycles. The van der Waals surface area contributed by atoms with E-state index in [0.29, 0.717) is 17.8 Å². The molecule has 0 bridgehead atoms. The van der Waals surface area contributed by atoms with Crippen molar-refractivity contribution in [3.8, 4) is 0 Å². The molecule has 24 heavy (non-hydrogen) atoms. The highest BCUT2D eigenvalue weighted by molar-refractivity contribution is 5.94. The Morgan fingerprint density at radius 1 is 1.21 bits per heavy atom. The summed E-state index contributed by atoms with van der Waals surface area (Å²) in [5, 5.41) is 2.78. The standard InChI is InChI=1S/C18H18N2O4/c1-12(21)3-4-14-9-16(19-11-14)17(22)20-10-13-5-7-15(8-6-13)18(23)24-2/h3-9,11,19H,10H2,1-2H3,(H,20,22)/b4-3+. The third-order valence-electron chi connectivity index (χ3n) is 3.29. The number of hydrogen-bond donors (Lipinski definition) is 2. The zero-order valence-electron chi connectivity index (χ0n) is 13.5. The molecule has 124 valence electrons. The molecule has 2 rings (SSSR count). The summed E-state index contributed by atoms with van der Waals surface area (Å²) in [5.41, 5.74) is 2.47. The normalized spacial score (nSPS) is 10.6. The molecule has 0 atom stereocenters. The summed E-state index contributed by atoms with van der Waals surface area (Å²) in [6.45, 7) is 1.79. The Balaban J connectivity index is 1.93. The van der Waals surface area contributed by atoms with Crippen molar-refractivity contribution in [3.63, 3.8) is 0 Å².